The molecule has 2 aromatic carbocycles. The highest BCUT2D eigenvalue weighted by Crippen LogP contribution is 2.40. The number of unbranched alkanes of at least 4 members (excludes halogenated alkanes) is 1. The van der Waals surface area contributed by atoms with Crippen molar-refractivity contribution in [3.8, 4) is 0 Å². The van der Waals surface area contributed by atoms with Crippen LogP contribution < -0.4 is 20.7 Å². The zero-order valence-corrected chi connectivity index (χ0v) is 28.2. The van der Waals surface area contributed by atoms with Gasteiger partial charge in [0.25, 0.3) is 5.91 Å². The van der Waals surface area contributed by atoms with Crippen LogP contribution in [0.4, 0.5) is 4.79 Å². The maximum Gasteiger partial charge on any atom is 0.417 e. The molecule has 0 spiro atoms. The third-order valence-electron chi connectivity index (χ3n) is 8.55. The van der Waals surface area contributed by atoms with E-state index >= 15 is 0 Å². The van der Waals surface area contributed by atoms with Crippen LogP contribution in [0, 0.1) is 5.92 Å². The third kappa shape index (κ3) is 9.86. The number of rotatable bonds is 16. The van der Waals surface area contributed by atoms with Gasteiger partial charge in [0, 0.05) is 28.9 Å². The third-order valence-corrected chi connectivity index (χ3v) is 9.80. The second kappa shape index (κ2) is 16.5. The summed E-state index contributed by atoms with van der Waals surface area (Å²) in [5, 5.41) is 19.2. The number of carbonyl (C=O) groups is 4. The lowest BCUT2D eigenvalue weighted by atomic mass is 9.76. The predicted molar refractivity (Wildman–Crippen MR) is 179 cm³/mol. The standard InChI is InChI=1S/C34H45ClN4O6S/c1-4-5-14-27(31(42)38-26(19-22-17-18-36-30(22)41)28(40)32(43)37-25-15-16-25)46-39-33(44)45-29(21-10-7-6-8-11-21)34(2,3)23-12-9-13-24(35)20-23/h6-13,20,22,25-29,40H,4-5,14-19H2,1-3H3,(H,36,41)(H,37,43)(H,38,42)(H,39,44)/t22-,26-,27-,28?,29?/m0/s1. The van der Waals surface area contributed by atoms with Crippen LogP contribution in [0.1, 0.15) is 82.9 Å². The van der Waals surface area contributed by atoms with Gasteiger partial charge in [-0.25, -0.2) is 4.79 Å². The van der Waals surface area contributed by atoms with E-state index in [0.29, 0.717) is 30.8 Å². The van der Waals surface area contributed by atoms with Crippen molar-refractivity contribution in [3.05, 3.63) is 70.7 Å². The molecular weight excluding hydrogens is 628 g/mol. The Kier molecular flexibility index (Phi) is 12.8. The lowest BCUT2D eigenvalue weighted by Crippen LogP contribution is -2.53. The van der Waals surface area contributed by atoms with Crippen molar-refractivity contribution >= 4 is 47.4 Å². The molecule has 4 amide bonds. The first-order valence-electron chi connectivity index (χ1n) is 16.0. The van der Waals surface area contributed by atoms with Gasteiger partial charge in [-0.1, -0.05) is 87.7 Å². The van der Waals surface area contributed by atoms with E-state index in [9.17, 15) is 24.3 Å². The SMILES string of the molecule is CCCC[C@H](SNC(=O)OC(c1ccccc1)C(C)(C)c1cccc(Cl)c1)C(=O)N[C@@H](C[C@@H]1CCNC1=O)C(O)C(=O)NC1CC1. The number of carbonyl (C=O) groups excluding carboxylic acids is 4. The van der Waals surface area contributed by atoms with E-state index in [0.717, 1.165) is 42.3 Å². The van der Waals surface area contributed by atoms with Crippen molar-refractivity contribution in [2.24, 2.45) is 5.92 Å². The summed E-state index contributed by atoms with van der Waals surface area (Å²) in [4.78, 5) is 52.0. The number of benzene rings is 2. The summed E-state index contributed by atoms with van der Waals surface area (Å²) in [5.41, 5.74) is 1.02. The van der Waals surface area contributed by atoms with Gasteiger partial charge >= 0.3 is 6.09 Å². The quantitative estimate of drug-likeness (QED) is 0.159. The van der Waals surface area contributed by atoms with Crippen LogP contribution in [0.3, 0.4) is 0 Å². The Labute approximate surface area is 280 Å². The molecule has 1 saturated heterocycles. The monoisotopic (exact) mass is 672 g/mol. The molecule has 1 saturated carbocycles. The Morgan fingerprint density at radius 2 is 1.83 bits per heavy atom. The Balaban J connectivity index is 1.46. The molecule has 4 rings (SSSR count). The summed E-state index contributed by atoms with van der Waals surface area (Å²) in [6, 6.07) is 15.9. The Bertz CT molecular complexity index is 1360. The first-order chi connectivity index (χ1) is 22.0. The van der Waals surface area contributed by atoms with E-state index in [2.05, 4.69) is 20.7 Å². The van der Waals surface area contributed by atoms with Crippen molar-refractivity contribution in [1.82, 2.24) is 20.7 Å². The summed E-state index contributed by atoms with van der Waals surface area (Å²) in [6.45, 7) is 6.46. The van der Waals surface area contributed by atoms with Crippen LogP contribution in [0.15, 0.2) is 54.6 Å². The Morgan fingerprint density at radius 3 is 2.46 bits per heavy atom. The van der Waals surface area contributed by atoms with Crippen LogP contribution in [-0.2, 0) is 24.5 Å². The van der Waals surface area contributed by atoms with Gasteiger partial charge in [0.2, 0.25) is 11.8 Å². The van der Waals surface area contributed by atoms with Crippen molar-refractivity contribution in [3.63, 3.8) is 0 Å². The minimum atomic E-state index is -1.52. The maximum atomic E-state index is 13.6. The van der Waals surface area contributed by atoms with Crippen molar-refractivity contribution in [2.75, 3.05) is 6.54 Å². The van der Waals surface area contributed by atoms with Gasteiger partial charge in [-0.15, -0.1) is 0 Å². The second-order valence-electron chi connectivity index (χ2n) is 12.6. The van der Waals surface area contributed by atoms with E-state index in [1.165, 1.54) is 0 Å². The van der Waals surface area contributed by atoms with Crippen LogP contribution in [0.25, 0.3) is 0 Å². The number of hydrogen-bond donors (Lipinski definition) is 5. The first-order valence-corrected chi connectivity index (χ1v) is 17.2. The summed E-state index contributed by atoms with van der Waals surface area (Å²) in [7, 11) is 0. The highest BCUT2D eigenvalue weighted by Gasteiger charge is 2.38. The molecule has 10 nitrogen and oxygen atoms in total. The Morgan fingerprint density at radius 1 is 1.09 bits per heavy atom. The molecule has 2 aromatic rings. The summed E-state index contributed by atoms with van der Waals surface area (Å²) < 4.78 is 8.75. The lowest BCUT2D eigenvalue weighted by molar-refractivity contribution is -0.133. The molecule has 5 N–H and O–H groups in total. The lowest BCUT2D eigenvalue weighted by Gasteiger charge is -2.35. The minimum absolute atomic E-state index is 0.0277. The van der Waals surface area contributed by atoms with Gasteiger partial charge in [0.05, 0.1) is 6.04 Å². The average Bonchev–Trinajstić information content (AvgIpc) is 3.77. The summed E-state index contributed by atoms with van der Waals surface area (Å²) in [6.07, 6.45) is 1.40. The van der Waals surface area contributed by atoms with E-state index in [4.69, 9.17) is 16.3 Å². The summed E-state index contributed by atoms with van der Waals surface area (Å²) in [5.74, 6) is -1.61. The fraction of sp³-hybridized carbons (Fsp3) is 0.529. The van der Waals surface area contributed by atoms with E-state index in [1.807, 2.05) is 69.3 Å². The molecule has 1 aliphatic carbocycles. The average molecular weight is 673 g/mol. The minimum Gasteiger partial charge on any atom is -0.440 e. The van der Waals surface area contributed by atoms with E-state index in [-0.39, 0.29) is 18.4 Å². The smallest absolute Gasteiger partial charge is 0.417 e. The number of halogens is 1. The van der Waals surface area contributed by atoms with E-state index < -0.39 is 52.7 Å². The number of ether oxygens (including phenoxy) is 1. The number of aliphatic hydroxyl groups excluding tert-OH is 1. The largest absolute Gasteiger partial charge is 0.440 e. The highest BCUT2D eigenvalue weighted by molar-refractivity contribution is 7.99. The fourth-order valence-electron chi connectivity index (χ4n) is 5.60. The molecule has 1 heterocycles. The van der Waals surface area contributed by atoms with Crippen LogP contribution in [0.5, 0.6) is 0 Å². The molecular formula is C34H45ClN4O6S. The predicted octanol–water partition coefficient (Wildman–Crippen LogP) is 4.94. The second-order valence-corrected chi connectivity index (χ2v) is 14.1. The molecule has 2 unspecified atom stereocenters. The first kappa shape index (κ1) is 35.6. The molecule has 12 heteroatoms. The molecule has 1 aliphatic heterocycles. The number of nitrogens with one attached hydrogen (secondary N) is 4. The van der Waals surface area contributed by atoms with Crippen molar-refractivity contribution in [2.45, 2.75) is 101 Å². The Hall–Kier alpha value is -3.28. The number of hydrogen-bond acceptors (Lipinski definition) is 7. The molecule has 0 aromatic heterocycles. The molecule has 2 fully saturated rings. The molecule has 0 bridgehead atoms. The molecule has 5 atom stereocenters. The molecule has 250 valence electrons. The van der Waals surface area contributed by atoms with Crippen molar-refractivity contribution in [1.29, 1.82) is 0 Å². The number of amides is 4. The topological polar surface area (TPSA) is 146 Å². The maximum absolute atomic E-state index is 13.6. The van der Waals surface area contributed by atoms with Gasteiger partial charge in [0.15, 0.2) is 6.10 Å². The van der Waals surface area contributed by atoms with Crippen LogP contribution >= 0.6 is 23.5 Å². The molecule has 2 aliphatic rings. The van der Waals surface area contributed by atoms with Gasteiger partial charge < -0.3 is 25.8 Å². The summed E-state index contributed by atoms with van der Waals surface area (Å²) >= 11 is 7.23. The molecule has 46 heavy (non-hydrogen) atoms. The number of aliphatic hydroxyl groups is 1. The van der Waals surface area contributed by atoms with Gasteiger partial charge in [-0.05, 0) is 67.3 Å². The fourth-order valence-corrected chi connectivity index (χ4v) is 6.54. The van der Waals surface area contributed by atoms with Crippen LogP contribution in [0.2, 0.25) is 5.02 Å². The van der Waals surface area contributed by atoms with Crippen molar-refractivity contribution < 1.29 is 29.0 Å². The zero-order chi connectivity index (χ0) is 33.3. The molecule has 0 radical (unpaired) electrons. The van der Waals surface area contributed by atoms with Gasteiger partial charge in [-0.2, -0.15) is 0 Å². The van der Waals surface area contributed by atoms with Gasteiger partial charge in [-0.3, -0.25) is 19.1 Å². The normalized spacial score (nSPS) is 18.9. The van der Waals surface area contributed by atoms with Crippen LogP contribution in [-0.4, -0.2) is 58.9 Å². The highest BCUT2D eigenvalue weighted by atomic mass is 35.5. The van der Waals surface area contributed by atoms with E-state index in [1.54, 1.807) is 6.07 Å². The van der Waals surface area contributed by atoms with Gasteiger partial charge in [0.1, 0.15) is 11.4 Å². The zero-order valence-electron chi connectivity index (χ0n) is 26.6.